The molecule has 0 rings (SSSR count). The first-order valence-electron chi connectivity index (χ1n) is 5.94. The molecule has 0 aromatic carbocycles. The Kier molecular flexibility index (Phi) is 5.05. The Morgan fingerprint density at radius 2 is 1.33 bits per heavy atom. The van der Waals surface area contributed by atoms with Gasteiger partial charge in [-0.3, -0.25) is 0 Å². The number of aliphatic hydroxyl groups is 1. The number of hydrogen-bond acceptors (Lipinski definition) is 1. The molecule has 0 aromatic rings. The summed E-state index contributed by atoms with van der Waals surface area (Å²) < 4.78 is 0. The first-order chi connectivity index (χ1) is 6.59. The highest BCUT2D eigenvalue weighted by molar-refractivity contribution is 5.18. The van der Waals surface area contributed by atoms with E-state index in [2.05, 4.69) is 55.4 Å². The second-order valence-electron chi connectivity index (χ2n) is 6.14. The first kappa shape index (κ1) is 14.7. The summed E-state index contributed by atoms with van der Waals surface area (Å²) in [6, 6.07) is 0. The highest BCUT2D eigenvalue weighted by Crippen LogP contribution is 2.33. The maximum Gasteiger partial charge on any atom is 0.0772 e. The first-order valence-corrected chi connectivity index (χ1v) is 5.94. The number of allylic oxidation sites excluding steroid dienone is 1. The zero-order valence-electron chi connectivity index (χ0n) is 11.7. The van der Waals surface area contributed by atoms with Gasteiger partial charge in [-0.25, -0.2) is 0 Å². The van der Waals surface area contributed by atoms with E-state index in [-0.39, 0.29) is 11.5 Å². The fourth-order valence-corrected chi connectivity index (χ4v) is 1.72. The standard InChI is InChI=1S/C14H28O/c1-9(2)13(15)11(4)10(3)12(5)14(6,7)8/h9,12-13,15H,1-8H3. The van der Waals surface area contributed by atoms with Gasteiger partial charge in [-0.15, -0.1) is 0 Å². The Labute approximate surface area is 95.6 Å². The molecule has 0 aliphatic rings. The van der Waals surface area contributed by atoms with Gasteiger partial charge in [0.05, 0.1) is 6.10 Å². The summed E-state index contributed by atoms with van der Waals surface area (Å²) in [5.41, 5.74) is 2.75. The Morgan fingerprint density at radius 1 is 0.933 bits per heavy atom. The predicted octanol–water partition coefficient (Wildman–Crippen LogP) is 4.02. The van der Waals surface area contributed by atoms with E-state index in [0.717, 1.165) is 5.57 Å². The maximum atomic E-state index is 10.0. The molecule has 2 unspecified atom stereocenters. The van der Waals surface area contributed by atoms with Crippen molar-refractivity contribution in [3.63, 3.8) is 0 Å². The van der Waals surface area contributed by atoms with Gasteiger partial charge < -0.3 is 5.11 Å². The SMILES string of the molecule is CC(=C(C)C(C)C(C)(C)C)C(O)C(C)C. The summed E-state index contributed by atoms with van der Waals surface area (Å²) in [5, 5.41) is 10.0. The minimum Gasteiger partial charge on any atom is -0.388 e. The Morgan fingerprint density at radius 3 is 1.60 bits per heavy atom. The lowest BCUT2D eigenvalue weighted by atomic mass is 9.75. The molecule has 0 amide bonds. The molecule has 0 bridgehead atoms. The summed E-state index contributed by atoms with van der Waals surface area (Å²) >= 11 is 0. The molecular weight excluding hydrogens is 184 g/mol. The van der Waals surface area contributed by atoms with E-state index in [1.807, 2.05) is 0 Å². The van der Waals surface area contributed by atoms with Crippen molar-refractivity contribution in [1.82, 2.24) is 0 Å². The zero-order valence-corrected chi connectivity index (χ0v) is 11.7. The van der Waals surface area contributed by atoms with Crippen molar-refractivity contribution in [2.45, 2.75) is 61.5 Å². The van der Waals surface area contributed by atoms with Gasteiger partial charge in [0.2, 0.25) is 0 Å². The van der Waals surface area contributed by atoms with Crippen LogP contribution in [0.3, 0.4) is 0 Å². The third kappa shape index (κ3) is 3.98. The molecule has 0 radical (unpaired) electrons. The zero-order chi connectivity index (χ0) is 12.4. The summed E-state index contributed by atoms with van der Waals surface area (Å²) in [7, 11) is 0. The average Bonchev–Trinajstić information content (AvgIpc) is 2.11. The van der Waals surface area contributed by atoms with Gasteiger partial charge in [-0.2, -0.15) is 0 Å². The summed E-state index contributed by atoms with van der Waals surface area (Å²) in [6.45, 7) is 17.3. The van der Waals surface area contributed by atoms with Crippen molar-refractivity contribution in [3.8, 4) is 0 Å². The van der Waals surface area contributed by atoms with E-state index in [9.17, 15) is 5.11 Å². The van der Waals surface area contributed by atoms with Crippen LogP contribution >= 0.6 is 0 Å². The predicted molar refractivity (Wildman–Crippen MR) is 67.8 cm³/mol. The van der Waals surface area contributed by atoms with Crippen LogP contribution in [0.5, 0.6) is 0 Å². The van der Waals surface area contributed by atoms with Gasteiger partial charge in [0, 0.05) is 0 Å². The van der Waals surface area contributed by atoms with Crippen molar-refractivity contribution in [1.29, 1.82) is 0 Å². The Hall–Kier alpha value is -0.300. The maximum absolute atomic E-state index is 10.0. The van der Waals surface area contributed by atoms with Crippen molar-refractivity contribution in [3.05, 3.63) is 11.1 Å². The lowest BCUT2D eigenvalue weighted by Gasteiger charge is -2.31. The number of aliphatic hydroxyl groups excluding tert-OH is 1. The highest BCUT2D eigenvalue weighted by Gasteiger charge is 2.24. The number of rotatable bonds is 3. The summed E-state index contributed by atoms with van der Waals surface area (Å²) in [6.07, 6.45) is -0.296. The lowest BCUT2D eigenvalue weighted by Crippen LogP contribution is -2.23. The van der Waals surface area contributed by atoms with Crippen LogP contribution in [0.15, 0.2) is 11.1 Å². The summed E-state index contributed by atoms with van der Waals surface area (Å²) in [5.74, 6) is 0.804. The Balaban J connectivity index is 4.94. The summed E-state index contributed by atoms with van der Waals surface area (Å²) in [4.78, 5) is 0. The topological polar surface area (TPSA) is 20.2 Å². The van der Waals surface area contributed by atoms with Crippen LogP contribution in [0.2, 0.25) is 0 Å². The second kappa shape index (κ2) is 5.16. The van der Waals surface area contributed by atoms with Gasteiger partial charge in [0.15, 0.2) is 0 Å². The van der Waals surface area contributed by atoms with Gasteiger partial charge in [-0.1, -0.05) is 47.1 Å². The molecule has 2 atom stereocenters. The smallest absolute Gasteiger partial charge is 0.0772 e. The van der Waals surface area contributed by atoms with Crippen molar-refractivity contribution < 1.29 is 5.11 Å². The Bertz CT molecular complexity index is 230. The molecule has 0 fully saturated rings. The van der Waals surface area contributed by atoms with E-state index >= 15 is 0 Å². The van der Waals surface area contributed by atoms with Gasteiger partial charge in [0.1, 0.15) is 0 Å². The molecule has 1 nitrogen and oxygen atoms in total. The van der Waals surface area contributed by atoms with Crippen molar-refractivity contribution in [2.24, 2.45) is 17.3 Å². The third-order valence-corrected chi connectivity index (χ3v) is 3.65. The average molecular weight is 212 g/mol. The molecule has 0 spiro atoms. The fourth-order valence-electron chi connectivity index (χ4n) is 1.72. The molecule has 0 heterocycles. The molecule has 0 aliphatic heterocycles. The van der Waals surface area contributed by atoms with Crippen LogP contribution < -0.4 is 0 Å². The van der Waals surface area contributed by atoms with Gasteiger partial charge in [0.25, 0.3) is 0 Å². The third-order valence-electron chi connectivity index (χ3n) is 3.65. The molecule has 0 aromatic heterocycles. The van der Waals surface area contributed by atoms with E-state index in [4.69, 9.17) is 0 Å². The second-order valence-corrected chi connectivity index (χ2v) is 6.14. The molecule has 1 N–H and O–H groups in total. The van der Waals surface area contributed by atoms with Crippen LogP contribution in [0.4, 0.5) is 0 Å². The largest absolute Gasteiger partial charge is 0.388 e. The molecular formula is C14H28O. The van der Waals surface area contributed by atoms with Crippen LogP contribution in [-0.4, -0.2) is 11.2 Å². The van der Waals surface area contributed by atoms with Crippen LogP contribution in [-0.2, 0) is 0 Å². The van der Waals surface area contributed by atoms with E-state index in [1.54, 1.807) is 0 Å². The van der Waals surface area contributed by atoms with Crippen LogP contribution in [0.25, 0.3) is 0 Å². The minimum atomic E-state index is -0.296. The minimum absolute atomic E-state index is 0.266. The lowest BCUT2D eigenvalue weighted by molar-refractivity contribution is 0.156. The van der Waals surface area contributed by atoms with E-state index in [0.29, 0.717) is 11.8 Å². The van der Waals surface area contributed by atoms with Crippen molar-refractivity contribution >= 4 is 0 Å². The number of hydrogen-bond donors (Lipinski definition) is 1. The molecule has 0 aliphatic carbocycles. The monoisotopic (exact) mass is 212 g/mol. The van der Waals surface area contributed by atoms with Crippen LogP contribution in [0.1, 0.15) is 55.4 Å². The van der Waals surface area contributed by atoms with Crippen molar-refractivity contribution in [2.75, 3.05) is 0 Å². The normalized spacial score (nSPS) is 18.8. The molecule has 90 valence electrons. The van der Waals surface area contributed by atoms with Crippen LogP contribution in [0, 0.1) is 17.3 Å². The highest BCUT2D eigenvalue weighted by atomic mass is 16.3. The van der Waals surface area contributed by atoms with E-state index in [1.165, 1.54) is 5.57 Å². The van der Waals surface area contributed by atoms with Gasteiger partial charge in [-0.05, 0) is 36.7 Å². The van der Waals surface area contributed by atoms with Gasteiger partial charge >= 0.3 is 0 Å². The van der Waals surface area contributed by atoms with E-state index < -0.39 is 0 Å². The quantitative estimate of drug-likeness (QED) is 0.700. The molecule has 15 heavy (non-hydrogen) atoms. The molecule has 1 heteroatoms. The molecule has 0 saturated heterocycles. The molecule has 0 saturated carbocycles. The fraction of sp³-hybridized carbons (Fsp3) is 0.857.